The van der Waals surface area contributed by atoms with Crippen LogP contribution >= 0.6 is 45.5 Å². The molecule has 2 aromatic heterocycles. The lowest BCUT2D eigenvalue weighted by Crippen LogP contribution is -2.23. The molecule has 0 aliphatic carbocycles. The highest BCUT2D eigenvalue weighted by Gasteiger charge is 2.31. The number of thiophene rings is 1. The normalized spacial score (nSPS) is 13.0. The topological polar surface area (TPSA) is 45.2 Å². The Bertz CT molecular complexity index is 1050. The molecule has 1 amide bonds. The Morgan fingerprint density at radius 2 is 2.19 bits per heavy atom. The molecule has 0 unspecified atom stereocenters. The molecule has 3 heterocycles. The maximum atomic E-state index is 12.8. The van der Waals surface area contributed by atoms with Crippen molar-refractivity contribution in [1.29, 1.82) is 0 Å². The smallest absolute Gasteiger partial charge is 0.273 e. The SMILES string of the molecule is C=C(Nc1ccnc2c1CN(Cc1cccc(I)c1)C2=O)c1ccc(Cl)s1. The highest BCUT2D eigenvalue weighted by Crippen LogP contribution is 2.32. The van der Waals surface area contributed by atoms with Gasteiger partial charge < -0.3 is 10.2 Å². The Morgan fingerprint density at radius 3 is 2.93 bits per heavy atom. The maximum Gasteiger partial charge on any atom is 0.273 e. The number of nitrogens with one attached hydrogen (secondary N) is 1. The lowest BCUT2D eigenvalue weighted by molar-refractivity contribution is 0.0762. The number of carbonyl (C=O) groups is 1. The molecule has 0 bridgehead atoms. The van der Waals surface area contributed by atoms with E-state index in [1.165, 1.54) is 11.3 Å². The van der Waals surface area contributed by atoms with Crippen LogP contribution in [-0.4, -0.2) is 15.8 Å². The summed E-state index contributed by atoms with van der Waals surface area (Å²) >= 11 is 9.76. The number of pyridine rings is 1. The predicted octanol–water partition coefficient (Wildman–Crippen LogP) is 5.64. The van der Waals surface area contributed by atoms with Crippen LogP contribution in [0.2, 0.25) is 4.34 Å². The second kappa shape index (κ2) is 7.61. The van der Waals surface area contributed by atoms with Gasteiger partial charge in [-0.3, -0.25) is 9.78 Å². The number of hydrogen-bond donors (Lipinski definition) is 1. The summed E-state index contributed by atoms with van der Waals surface area (Å²) in [6.45, 7) is 5.18. The van der Waals surface area contributed by atoms with Crippen LogP contribution in [0.5, 0.6) is 0 Å². The monoisotopic (exact) mass is 507 g/mol. The number of anilines is 1. The number of halogens is 2. The van der Waals surface area contributed by atoms with Gasteiger partial charge >= 0.3 is 0 Å². The highest BCUT2D eigenvalue weighted by atomic mass is 127. The largest absolute Gasteiger partial charge is 0.354 e. The van der Waals surface area contributed by atoms with Crippen molar-refractivity contribution >= 4 is 62.8 Å². The molecule has 27 heavy (non-hydrogen) atoms. The van der Waals surface area contributed by atoms with E-state index in [4.69, 9.17) is 11.6 Å². The fourth-order valence-electron chi connectivity index (χ4n) is 3.05. The van der Waals surface area contributed by atoms with Crippen LogP contribution in [0.4, 0.5) is 5.69 Å². The van der Waals surface area contributed by atoms with Gasteiger partial charge in [-0.25, -0.2) is 0 Å². The van der Waals surface area contributed by atoms with Crippen molar-refractivity contribution in [3.63, 3.8) is 0 Å². The van der Waals surface area contributed by atoms with E-state index in [1.807, 2.05) is 41.3 Å². The highest BCUT2D eigenvalue weighted by molar-refractivity contribution is 14.1. The van der Waals surface area contributed by atoms with Crippen LogP contribution in [0.15, 0.2) is 55.2 Å². The first-order chi connectivity index (χ1) is 13.0. The Kier molecular flexibility index (Phi) is 5.21. The van der Waals surface area contributed by atoms with Crippen molar-refractivity contribution in [2.24, 2.45) is 0 Å². The molecule has 4 rings (SSSR count). The van der Waals surface area contributed by atoms with E-state index < -0.39 is 0 Å². The summed E-state index contributed by atoms with van der Waals surface area (Å²) in [6, 6.07) is 13.8. The number of nitrogens with zero attached hydrogens (tertiary/aromatic N) is 2. The zero-order valence-electron chi connectivity index (χ0n) is 14.2. The summed E-state index contributed by atoms with van der Waals surface area (Å²) in [5, 5.41) is 3.32. The van der Waals surface area contributed by atoms with Crippen molar-refractivity contribution in [3.8, 4) is 0 Å². The lowest BCUT2D eigenvalue weighted by atomic mass is 10.2. The Hall–Kier alpha value is -1.90. The van der Waals surface area contributed by atoms with Crippen molar-refractivity contribution in [2.75, 3.05) is 5.32 Å². The molecule has 3 aromatic rings. The van der Waals surface area contributed by atoms with E-state index in [2.05, 4.69) is 45.5 Å². The summed E-state index contributed by atoms with van der Waals surface area (Å²) in [6.07, 6.45) is 1.66. The first-order valence-electron chi connectivity index (χ1n) is 8.24. The molecule has 0 saturated heterocycles. The molecule has 136 valence electrons. The van der Waals surface area contributed by atoms with Crippen LogP contribution in [0.3, 0.4) is 0 Å². The number of carbonyl (C=O) groups excluding carboxylic acids is 1. The van der Waals surface area contributed by atoms with Gasteiger partial charge in [0.05, 0.1) is 15.8 Å². The third-order valence-electron chi connectivity index (χ3n) is 4.31. The van der Waals surface area contributed by atoms with Gasteiger partial charge in [0.15, 0.2) is 0 Å². The molecule has 0 fully saturated rings. The number of fused-ring (bicyclic) bond motifs is 1. The van der Waals surface area contributed by atoms with Gasteiger partial charge in [0.1, 0.15) is 5.69 Å². The second-order valence-corrected chi connectivity index (χ2v) is 9.14. The van der Waals surface area contributed by atoms with Crippen molar-refractivity contribution in [2.45, 2.75) is 13.1 Å². The first-order valence-corrected chi connectivity index (χ1v) is 10.5. The number of aromatic nitrogens is 1. The van der Waals surface area contributed by atoms with E-state index in [0.29, 0.717) is 23.1 Å². The molecule has 0 spiro atoms. The molecule has 1 aliphatic heterocycles. The average molecular weight is 508 g/mol. The molecule has 0 radical (unpaired) electrons. The molecule has 0 saturated carbocycles. The van der Waals surface area contributed by atoms with Crippen LogP contribution in [0, 0.1) is 3.57 Å². The van der Waals surface area contributed by atoms with Gasteiger partial charge in [0, 0.05) is 33.3 Å². The minimum absolute atomic E-state index is 0.0442. The standard InChI is InChI=1S/C20H15ClIN3OS/c1-12(17-5-6-18(21)27-17)24-16-7-8-23-19-15(16)11-25(20(19)26)10-13-3-2-4-14(22)9-13/h2-9H,1,10-11H2,(H,23,24). The Morgan fingerprint density at radius 1 is 1.33 bits per heavy atom. The van der Waals surface area contributed by atoms with Gasteiger partial charge in [-0.05, 0) is 58.5 Å². The predicted molar refractivity (Wildman–Crippen MR) is 119 cm³/mol. The number of benzene rings is 1. The van der Waals surface area contributed by atoms with E-state index in [9.17, 15) is 4.79 Å². The minimum Gasteiger partial charge on any atom is -0.354 e. The number of rotatable bonds is 5. The van der Waals surface area contributed by atoms with E-state index >= 15 is 0 Å². The summed E-state index contributed by atoms with van der Waals surface area (Å²) in [5.41, 5.74) is 4.12. The molecule has 4 nitrogen and oxygen atoms in total. The Balaban J connectivity index is 1.56. The zero-order valence-corrected chi connectivity index (χ0v) is 17.9. The van der Waals surface area contributed by atoms with Gasteiger partial charge in [0.25, 0.3) is 5.91 Å². The third-order valence-corrected chi connectivity index (χ3v) is 6.28. The molecular formula is C20H15ClIN3OS. The van der Waals surface area contributed by atoms with Gasteiger partial charge in [-0.1, -0.05) is 30.3 Å². The molecule has 1 N–H and O–H groups in total. The molecule has 1 aromatic carbocycles. The van der Waals surface area contributed by atoms with E-state index in [-0.39, 0.29) is 5.91 Å². The molecular weight excluding hydrogens is 493 g/mol. The van der Waals surface area contributed by atoms with E-state index in [1.54, 1.807) is 6.20 Å². The van der Waals surface area contributed by atoms with Gasteiger partial charge in [-0.15, -0.1) is 11.3 Å². The second-order valence-electron chi connectivity index (χ2n) is 6.18. The molecule has 1 aliphatic rings. The van der Waals surface area contributed by atoms with Crippen LogP contribution in [0.1, 0.15) is 26.5 Å². The van der Waals surface area contributed by atoms with Crippen LogP contribution < -0.4 is 5.32 Å². The first kappa shape index (κ1) is 18.5. The average Bonchev–Trinajstić information content (AvgIpc) is 3.20. The number of amides is 1. The Labute approximate surface area is 180 Å². The fourth-order valence-corrected chi connectivity index (χ4v) is 4.63. The number of hydrogen-bond acceptors (Lipinski definition) is 4. The van der Waals surface area contributed by atoms with Crippen molar-refractivity contribution in [3.05, 3.63) is 84.8 Å². The molecule has 0 atom stereocenters. The summed E-state index contributed by atoms with van der Waals surface area (Å²) in [5.74, 6) is -0.0442. The van der Waals surface area contributed by atoms with Crippen LogP contribution in [-0.2, 0) is 13.1 Å². The van der Waals surface area contributed by atoms with Crippen molar-refractivity contribution in [1.82, 2.24) is 9.88 Å². The summed E-state index contributed by atoms with van der Waals surface area (Å²) in [4.78, 5) is 19.9. The van der Waals surface area contributed by atoms with Gasteiger partial charge in [-0.2, -0.15) is 0 Å². The fraction of sp³-hybridized carbons (Fsp3) is 0.100. The zero-order chi connectivity index (χ0) is 19.0. The quantitative estimate of drug-likeness (QED) is 0.455. The molecule has 7 heteroatoms. The lowest BCUT2D eigenvalue weighted by Gasteiger charge is -2.16. The maximum absolute atomic E-state index is 12.8. The van der Waals surface area contributed by atoms with Gasteiger partial charge in [0.2, 0.25) is 0 Å². The summed E-state index contributed by atoms with van der Waals surface area (Å²) < 4.78 is 1.87. The van der Waals surface area contributed by atoms with Crippen LogP contribution in [0.25, 0.3) is 5.70 Å². The van der Waals surface area contributed by atoms with E-state index in [0.717, 1.165) is 31.0 Å². The minimum atomic E-state index is -0.0442. The summed E-state index contributed by atoms with van der Waals surface area (Å²) in [7, 11) is 0. The van der Waals surface area contributed by atoms with Crippen molar-refractivity contribution < 1.29 is 4.79 Å². The third kappa shape index (κ3) is 3.88.